The molecule has 2 saturated heterocycles. The van der Waals surface area contributed by atoms with Crippen molar-refractivity contribution < 1.29 is 59.2 Å². The van der Waals surface area contributed by atoms with Gasteiger partial charge in [-0.1, -0.05) is 35.1 Å². The van der Waals surface area contributed by atoms with Gasteiger partial charge in [0.15, 0.2) is 22.7 Å². The predicted molar refractivity (Wildman–Crippen MR) is 252 cm³/mol. The number of rotatable bonds is 7. The van der Waals surface area contributed by atoms with Crippen LogP contribution in [0.4, 0.5) is 13.5 Å². The number of ketones is 1. The van der Waals surface area contributed by atoms with Gasteiger partial charge in [-0.3, -0.25) is 23.9 Å². The van der Waals surface area contributed by atoms with Crippen molar-refractivity contribution in [3.05, 3.63) is 107 Å². The highest BCUT2D eigenvalue weighted by atomic mass is 35.5. The Hall–Kier alpha value is -6.06. The van der Waals surface area contributed by atoms with Crippen LogP contribution in [-0.4, -0.2) is 98.5 Å². The molecule has 2 N–H and O–H groups in total. The number of hydrogen-bond acceptors (Lipinski definition) is 8. The molecule has 0 bridgehead atoms. The minimum atomic E-state index is -0.606. The maximum atomic E-state index is 13.6. The Bertz CT molecular complexity index is 2800. The van der Waals surface area contributed by atoms with E-state index < -0.39 is 5.54 Å². The molecule has 2 aliphatic heterocycles. The molecule has 2 aromatic carbocycles. The number of amides is 3. The molecule has 0 spiro atoms. The van der Waals surface area contributed by atoms with Gasteiger partial charge in [-0.2, -0.15) is 0 Å². The second-order valence-electron chi connectivity index (χ2n) is 19.4. The van der Waals surface area contributed by atoms with E-state index in [4.69, 9.17) is 18.8 Å². The van der Waals surface area contributed by atoms with Crippen molar-refractivity contribution in [2.75, 3.05) is 39.3 Å². The highest BCUT2D eigenvalue weighted by molar-refractivity contribution is 5.99. The Labute approximate surface area is 401 Å². The van der Waals surface area contributed by atoms with Gasteiger partial charge in [-0.05, 0) is 100 Å². The number of Topliss-reactive ketones (excluding diaryl/α,β-unsaturated/α-hetero) is 1. The Morgan fingerprint density at radius 2 is 1.13 bits per heavy atom. The summed E-state index contributed by atoms with van der Waals surface area (Å²) in [7, 11) is 0. The van der Waals surface area contributed by atoms with Gasteiger partial charge in [-0.25, -0.2) is 18.7 Å². The molecule has 68 heavy (non-hydrogen) atoms. The van der Waals surface area contributed by atoms with Crippen LogP contribution in [-0.2, 0) is 9.59 Å². The van der Waals surface area contributed by atoms with Crippen molar-refractivity contribution in [1.29, 1.82) is 0 Å². The monoisotopic (exact) mass is 958 g/mol. The lowest BCUT2D eigenvalue weighted by molar-refractivity contribution is -0.673. The van der Waals surface area contributed by atoms with Crippen LogP contribution < -0.4 is 17.7 Å². The van der Waals surface area contributed by atoms with Crippen LogP contribution >= 0.6 is 0 Å². The minimum Gasteiger partial charge on any atom is -1.00 e. The van der Waals surface area contributed by atoms with Crippen LogP contribution in [0.2, 0.25) is 0 Å². The number of hydrogen-bond donors (Lipinski definition) is 1. The van der Waals surface area contributed by atoms with E-state index in [2.05, 4.69) is 33.0 Å². The first-order chi connectivity index (χ1) is 30.8. The third-order valence-electron chi connectivity index (χ3n) is 12.9. The lowest BCUT2D eigenvalue weighted by Gasteiger charge is -2.47. The number of nitrogens with two attached hydrogens (primary N) is 1. The summed E-state index contributed by atoms with van der Waals surface area (Å²) in [4.78, 5) is 65.7. The number of quaternary nitrogens is 1. The number of pyridine rings is 2. The van der Waals surface area contributed by atoms with Gasteiger partial charge in [0.25, 0.3) is 11.8 Å². The van der Waals surface area contributed by atoms with Gasteiger partial charge in [0.1, 0.15) is 28.5 Å². The van der Waals surface area contributed by atoms with Crippen LogP contribution in [0.1, 0.15) is 120 Å². The molecule has 0 unspecified atom stereocenters. The first-order valence-electron chi connectivity index (χ1n) is 22.5. The quantitative estimate of drug-likeness (QED) is 0.201. The van der Waals surface area contributed by atoms with Crippen molar-refractivity contribution in [3.8, 4) is 22.5 Å². The normalized spacial score (nSPS) is 16.6. The number of aromatic nitrogens is 2. The van der Waals surface area contributed by atoms with E-state index >= 15 is 0 Å². The summed E-state index contributed by atoms with van der Waals surface area (Å²) in [6.45, 7) is 19.9. The number of furan rings is 2. The second kappa shape index (κ2) is 20.7. The number of halogens is 4. The molecule has 4 aromatic heterocycles. The average molecular weight is 960 g/mol. The number of carbonyl (C=O) groups excluding carboxylic acids is 4. The summed E-state index contributed by atoms with van der Waals surface area (Å²) in [5, 5.41) is 2.23. The largest absolute Gasteiger partial charge is 1.00 e. The lowest BCUT2D eigenvalue weighted by atomic mass is 9.82. The Balaban J connectivity index is 0.000000248. The first kappa shape index (κ1) is 52.9. The third-order valence-corrected chi connectivity index (χ3v) is 12.9. The molecule has 3 fully saturated rings. The summed E-state index contributed by atoms with van der Waals surface area (Å²) in [5.41, 5.74) is 6.56. The second-order valence-corrected chi connectivity index (χ2v) is 19.4. The number of carbonyl (C=O) groups is 4. The van der Waals surface area contributed by atoms with Crippen LogP contribution in [0, 0.1) is 17.6 Å². The van der Waals surface area contributed by atoms with E-state index in [1.807, 2.05) is 44.7 Å². The van der Waals surface area contributed by atoms with Gasteiger partial charge >= 0.3 is 0 Å². The molecule has 16 heteroatoms. The summed E-state index contributed by atoms with van der Waals surface area (Å²) >= 11 is 0. The molecule has 9 rings (SSSR count). The molecule has 0 atom stereocenters. The number of benzene rings is 2. The van der Waals surface area contributed by atoms with E-state index in [9.17, 15) is 28.0 Å². The highest BCUT2D eigenvalue weighted by Crippen LogP contribution is 2.36. The summed E-state index contributed by atoms with van der Waals surface area (Å²) in [5.74, 6) is -0.206. The Morgan fingerprint density at radius 3 is 1.53 bits per heavy atom. The van der Waals surface area contributed by atoms with Crippen molar-refractivity contribution in [1.82, 2.24) is 24.7 Å². The molecule has 12 nitrogen and oxygen atoms in total. The van der Waals surface area contributed by atoms with E-state index in [0.29, 0.717) is 72.7 Å². The van der Waals surface area contributed by atoms with Gasteiger partial charge < -0.3 is 41.3 Å². The molecular formula is C52H62ClF3N6O6. The number of nitrogens with zero attached hydrogens (tertiary/aromatic N) is 5. The average Bonchev–Trinajstić information content (AvgIpc) is 3.89. The van der Waals surface area contributed by atoms with Crippen LogP contribution in [0.3, 0.4) is 0 Å². The van der Waals surface area contributed by atoms with Crippen molar-refractivity contribution in [2.45, 2.75) is 98.6 Å². The zero-order valence-electron chi connectivity index (χ0n) is 39.1. The Morgan fingerprint density at radius 1 is 0.691 bits per heavy atom. The van der Waals surface area contributed by atoms with Crippen LogP contribution in [0.5, 0.6) is 0 Å². The fourth-order valence-electron chi connectivity index (χ4n) is 9.07. The van der Waals surface area contributed by atoms with Gasteiger partial charge in [0, 0.05) is 66.9 Å². The summed E-state index contributed by atoms with van der Waals surface area (Å²) in [6.07, 6.45) is 0.644. The fourth-order valence-corrected chi connectivity index (χ4v) is 9.07. The molecule has 6 aromatic rings. The van der Waals surface area contributed by atoms with Gasteiger partial charge in [0.05, 0.1) is 48.0 Å². The first-order valence-corrected chi connectivity index (χ1v) is 22.5. The van der Waals surface area contributed by atoms with E-state index in [-0.39, 0.29) is 88.7 Å². The smallest absolute Gasteiger partial charge is 0.290 e. The SMILES string of the molecule is C.CC(C)c1cc(-c2ccc(F)cc2)nc2cc(C(=O)N3CCN(C(=O)C4CC(=O)C4)CC3(C)C)oc12.CC(C)c1cc(-c2ccc(F)cc2)nc2cc(C(=O)N3CC[NH2+]CC3(C)C)oc12.F.[Cl-]. The molecule has 364 valence electrons. The zero-order chi connectivity index (χ0) is 46.5. The molecule has 1 saturated carbocycles. The maximum Gasteiger partial charge on any atom is 0.290 e. The molecule has 1 aliphatic carbocycles. The predicted octanol–water partition coefficient (Wildman–Crippen LogP) is 6.15. The fraction of sp³-hybridized carbons (Fsp3) is 0.423. The Kier molecular flexibility index (Phi) is 16.1. The van der Waals surface area contributed by atoms with Gasteiger partial charge in [0.2, 0.25) is 5.91 Å². The van der Waals surface area contributed by atoms with Crippen LogP contribution in [0.25, 0.3) is 44.7 Å². The van der Waals surface area contributed by atoms with Crippen LogP contribution in [0.15, 0.2) is 81.6 Å². The zero-order valence-corrected chi connectivity index (χ0v) is 39.9. The highest BCUT2D eigenvalue weighted by Gasteiger charge is 2.43. The van der Waals surface area contributed by atoms with E-state index in [1.54, 1.807) is 46.2 Å². The van der Waals surface area contributed by atoms with Crippen molar-refractivity contribution in [3.63, 3.8) is 0 Å². The maximum absolute atomic E-state index is 13.6. The summed E-state index contributed by atoms with van der Waals surface area (Å²) in [6, 6.07) is 19.8. The molecule has 6 heterocycles. The number of piperazine rings is 2. The van der Waals surface area contributed by atoms with E-state index in [0.717, 1.165) is 41.0 Å². The standard InChI is InChI=1S/C28H30FN3O4.C23H26FN3O2.CH4.ClH.FH/c1-16(2)21-13-22(17-5-7-19(29)8-6-17)30-23-14-24(36-25(21)23)27(35)32-10-9-31(15-28(32,3)4)26(34)18-11-20(33)12-18;1-14(2)17-11-18(15-5-7-16(24)8-6-15)26-19-12-20(29-21(17)19)22(28)27-10-9-25-13-23(27,3)4;;;/h5-8,13-14,16,18H,9-12,15H2,1-4H3;5-8,11-12,14,25H,9-10,13H2,1-4H3;1H4;2*1H. The van der Waals surface area contributed by atoms with Crippen molar-refractivity contribution in [2.24, 2.45) is 5.92 Å². The summed E-state index contributed by atoms with van der Waals surface area (Å²) < 4.78 is 38.9. The molecule has 3 aliphatic rings. The van der Waals surface area contributed by atoms with Crippen molar-refractivity contribution >= 4 is 45.7 Å². The minimum absolute atomic E-state index is 0. The number of fused-ring (bicyclic) bond motifs is 2. The molecular weight excluding hydrogens is 897 g/mol. The van der Waals surface area contributed by atoms with E-state index in [1.165, 1.54) is 24.3 Å². The molecule has 3 amide bonds. The topological polar surface area (TPSA) is 147 Å². The lowest BCUT2D eigenvalue weighted by Crippen LogP contribution is -3.00. The third kappa shape index (κ3) is 10.6. The molecule has 0 radical (unpaired) electrons. The van der Waals surface area contributed by atoms with Gasteiger partial charge in [-0.15, -0.1) is 0 Å².